The van der Waals surface area contributed by atoms with Crippen molar-refractivity contribution < 1.29 is 14.6 Å². The van der Waals surface area contributed by atoms with Gasteiger partial charge in [0.05, 0.1) is 12.5 Å². The molecule has 0 aromatic heterocycles. The number of hydrogen-bond donors (Lipinski definition) is 1. The third kappa shape index (κ3) is 1.61. The fourth-order valence-corrected chi connectivity index (χ4v) is 3.14. The molecule has 3 nitrogen and oxygen atoms in total. The van der Waals surface area contributed by atoms with Gasteiger partial charge in [-0.15, -0.1) is 0 Å². The molecule has 1 fully saturated rings. The van der Waals surface area contributed by atoms with Crippen LogP contribution in [-0.2, 0) is 10.2 Å². The van der Waals surface area contributed by atoms with E-state index < -0.39 is 5.97 Å². The first-order chi connectivity index (χ1) is 8.35. The highest BCUT2D eigenvalue weighted by Crippen LogP contribution is 2.69. The van der Waals surface area contributed by atoms with Crippen LogP contribution in [0.3, 0.4) is 0 Å². The summed E-state index contributed by atoms with van der Waals surface area (Å²) < 4.78 is 5.40. The summed E-state index contributed by atoms with van der Waals surface area (Å²) in [7, 11) is 0. The molecule has 2 unspecified atom stereocenters. The number of carboxylic acids is 1. The van der Waals surface area contributed by atoms with E-state index in [0.29, 0.717) is 6.61 Å². The summed E-state index contributed by atoms with van der Waals surface area (Å²) in [4.78, 5) is 11.3. The van der Waals surface area contributed by atoms with Crippen molar-refractivity contribution in [3.8, 4) is 5.75 Å². The molecule has 0 radical (unpaired) electrons. The summed E-state index contributed by atoms with van der Waals surface area (Å²) in [6.07, 6.45) is 0. The zero-order chi connectivity index (χ0) is 13.6. The minimum absolute atomic E-state index is 0.202. The smallest absolute Gasteiger partial charge is 0.307 e. The Balaban J connectivity index is 2.30. The Morgan fingerprint density at radius 3 is 2.22 bits per heavy atom. The van der Waals surface area contributed by atoms with Crippen LogP contribution in [0.2, 0.25) is 0 Å². The molecular formula is C15H20O3. The third-order valence-electron chi connectivity index (χ3n) is 4.57. The lowest BCUT2D eigenvalue weighted by Crippen LogP contribution is -2.11. The highest BCUT2D eigenvalue weighted by Gasteiger charge is 2.72. The fraction of sp³-hybridized carbons (Fsp3) is 0.533. The summed E-state index contributed by atoms with van der Waals surface area (Å²) in [6, 6.07) is 7.79. The first-order valence-electron chi connectivity index (χ1n) is 6.32. The van der Waals surface area contributed by atoms with Crippen LogP contribution in [0.1, 0.15) is 33.3 Å². The molecule has 0 heterocycles. The van der Waals surface area contributed by atoms with Crippen LogP contribution < -0.4 is 4.74 Å². The van der Waals surface area contributed by atoms with Crippen molar-refractivity contribution in [2.24, 2.45) is 11.3 Å². The molecule has 1 aliphatic rings. The summed E-state index contributed by atoms with van der Waals surface area (Å²) in [6.45, 7) is 8.64. The highest BCUT2D eigenvalue weighted by atomic mass is 16.5. The molecule has 1 aromatic rings. The number of ether oxygens (including phenoxy) is 1. The predicted molar refractivity (Wildman–Crippen MR) is 69.9 cm³/mol. The van der Waals surface area contributed by atoms with Gasteiger partial charge in [-0.25, -0.2) is 0 Å². The lowest BCUT2D eigenvalue weighted by atomic mass is 9.89. The van der Waals surface area contributed by atoms with E-state index in [2.05, 4.69) is 0 Å². The Kier molecular flexibility index (Phi) is 2.88. The summed E-state index contributed by atoms with van der Waals surface area (Å²) in [5.41, 5.74) is 0.582. The third-order valence-corrected chi connectivity index (χ3v) is 4.57. The van der Waals surface area contributed by atoms with Crippen molar-refractivity contribution in [3.63, 3.8) is 0 Å². The average molecular weight is 248 g/mol. The van der Waals surface area contributed by atoms with Crippen LogP contribution >= 0.6 is 0 Å². The van der Waals surface area contributed by atoms with Gasteiger partial charge in [0.25, 0.3) is 0 Å². The minimum atomic E-state index is -0.712. The van der Waals surface area contributed by atoms with Crippen LogP contribution in [0, 0.1) is 11.3 Å². The molecule has 0 saturated heterocycles. The van der Waals surface area contributed by atoms with E-state index in [0.717, 1.165) is 11.3 Å². The van der Waals surface area contributed by atoms with E-state index >= 15 is 0 Å². The Hall–Kier alpha value is -1.51. The first kappa shape index (κ1) is 12.9. The van der Waals surface area contributed by atoms with E-state index in [1.165, 1.54) is 0 Å². The molecule has 1 saturated carbocycles. The number of rotatable bonds is 4. The molecule has 0 bridgehead atoms. The normalized spacial score (nSPS) is 28.8. The lowest BCUT2D eigenvalue weighted by molar-refractivity contribution is -0.139. The molecule has 2 atom stereocenters. The minimum Gasteiger partial charge on any atom is -0.494 e. The lowest BCUT2D eigenvalue weighted by Gasteiger charge is -2.15. The quantitative estimate of drug-likeness (QED) is 0.890. The largest absolute Gasteiger partial charge is 0.494 e. The number of carboxylic acid groups (broad SMARTS) is 1. The summed E-state index contributed by atoms with van der Waals surface area (Å²) >= 11 is 0. The molecule has 1 aromatic carbocycles. The van der Waals surface area contributed by atoms with Gasteiger partial charge in [-0.3, -0.25) is 4.79 Å². The second kappa shape index (κ2) is 4.01. The van der Waals surface area contributed by atoms with Gasteiger partial charge in [0.15, 0.2) is 0 Å². The predicted octanol–water partition coefficient (Wildman–Crippen LogP) is 3.08. The highest BCUT2D eigenvalue weighted by molar-refractivity contribution is 5.79. The fourth-order valence-electron chi connectivity index (χ4n) is 3.14. The van der Waals surface area contributed by atoms with Crippen molar-refractivity contribution >= 4 is 5.97 Å². The maximum atomic E-state index is 11.3. The number of carbonyl (C=O) groups is 1. The molecule has 0 aliphatic heterocycles. The number of aliphatic carboxylic acids is 1. The van der Waals surface area contributed by atoms with Crippen molar-refractivity contribution in [1.82, 2.24) is 0 Å². The van der Waals surface area contributed by atoms with Gasteiger partial charge in [-0.2, -0.15) is 0 Å². The zero-order valence-electron chi connectivity index (χ0n) is 11.4. The average Bonchev–Trinajstić information content (AvgIpc) is 2.75. The van der Waals surface area contributed by atoms with Gasteiger partial charge in [0, 0.05) is 5.41 Å². The van der Waals surface area contributed by atoms with Gasteiger partial charge < -0.3 is 9.84 Å². The second-order valence-electron chi connectivity index (χ2n) is 5.65. The van der Waals surface area contributed by atoms with E-state index in [1.807, 2.05) is 52.0 Å². The van der Waals surface area contributed by atoms with Crippen LogP contribution in [-0.4, -0.2) is 17.7 Å². The molecular weight excluding hydrogens is 228 g/mol. The van der Waals surface area contributed by atoms with Gasteiger partial charge in [-0.1, -0.05) is 32.9 Å². The Morgan fingerprint density at radius 2 is 1.83 bits per heavy atom. The van der Waals surface area contributed by atoms with Crippen molar-refractivity contribution in [2.45, 2.75) is 33.1 Å². The maximum absolute atomic E-state index is 11.3. The topological polar surface area (TPSA) is 46.5 Å². The van der Waals surface area contributed by atoms with Crippen molar-refractivity contribution in [3.05, 3.63) is 29.8 Å². The number of hydrogen-bond acceptors (Lipinski definition) is 2. The van der Waals surface area contributed by atoms with Crippen LogP contribution in [0.5, 0.6) is 5.75 Å². The van der Waals surface area contributed by atoms with Crippen molar-refractivity contribution in [2.75, 3.05) is 6.61 Å². The van der Waals surface area contributed by atoms with Crippen LogP contribution in [0.4, 0.5) is 0 Å². The standard InChI is InChI=1S/C15H20O3/c1-5-18-11-8-6-10(7-9-11)15(4)12(13(16)17)14(15,2)3/h6-9,12H,5H2,1-4H3,(H,16,17). The molecule has 18 heavy (non-hydrogen) atoms. The van der Waals surface area contributed by atoms with Gasteiger partial charge in [0.1, 0.15) is 5.75 Å². The van der Waals surface area contributed by atoms with Crippen LogP contribution in [0.25, 0.3) is 0 Å². The first-order valence-corrected chi connectivity index (χ1v) is 6.32. The Morgan fingerprint density at radius 1 is 1.28 bits per heavy atom. The SMILES string of the molecule is CCOc1ccc(C2(C)C(C(=O)O)C2(C)C)cc1. The Bertz CT molecular complexity index is 461. The van der Waals surface area contributed by atoms with E-state index in [9.17, 15) is 9.90 Å². The Labute approximate surface area is 108 Å². The monoisotopic (exact) mass is 248 g/mol. The zero-order valence-corrected chi connectivity index (χ0v) is 11.4. The molecule has 98 valence electrons. The van der Waals surface area contributed by atoms with E-state index in [4.69, 9.17) is 4.74 Å². The molecule has 1 aliphatic carbocycles. The van der Waals surface area contributed by atoms with E-state index in [-0.39, 0.29) is 16.7 Å². The summed E-state index contributed by atoms with van der Waals surface area (Å²) in [5.74, 6) is -0.200. The van der Waals surface area contributed by atoms with Gasteiger partial charge in [-0.05, 0) is 30.0 Å². The molecule has 0 spiro atoms. The second-order valence-corrected chi connectivity index (χ2v) is 5.65. The van der Waals surface area contributed by atoms with Gasteiger partial charge in [0.2, 0.25) is 0 Å². The molecule has 2 rings (SSSR count). The summed E-state index contributed by atoms with van der Waals surface area (Å²) in [5, 5.41) is 9.30. The maximum Gasteiger partial charge on any atom is 0.307 e. The molecule has 1 N–H and O–H groups in total. The van der Waals surface area contributed by atoms with Crippen LogP contribution in [0.15, 0.2) is 24.3 Å². The molecule has 0 amide bonds. The van der Waals surface area contributed by atoms with E-state index in [1.54, 1.807) is 0 Å². The number of benzene rings is 1. The molecule has 3 heteroatoms. The van der Waals surface area contributed by atoms with Crippen molar-refractivity contribution in [1.29, 1.82) is 0 Å². The van der Waals surface area contributed by atoms with Gasteiger partial charge >= 0.3 is 5.97 Å².